The van der Waals surface area contributed by atoms with Crippen molar-refractivity contribution in [1.82, 2.24) is 4.90 Å². The second-order valence-corrected chi connectivity index (χ2v) is 4.01. The monoisotopic (exact) mass is 205 g/mol. The molecule has 80 valence electrons. The highest BCUT2D eigenvalue weighted by molar-refractivity contribution is 5.63. The number of carbonyl (C=O) groups is 1. The first kappa shape index (κ1) is 10.2. The van der Waals surface area contributed by atoms with Crippen molar-refractivity contribution in [3.8, 4) is 5.75 Å². The molecule has 1 aromatic carbocycles. The number of aryl methyl sites for hydroxylation is 1. The summed E-state index contributed by atoms with van der Waals surface area (Å²) in [6.07, 6.45) is 2.15. The van der Waals surface area contributed by atoms with Crippen LogP contribution in [0.15, 0.2) is 18.2 Å². The second-order valence-electron chi connectivity index (χ2n) is 4.01. The van der Waals surface area contributed by atoms with E-state index in [1.165, 1.54) is 6.42 Å². The van der Waals surface area contributed by atoms with Gasteiger partial charge in [-0.15, -0.1) is 0 Å². The van der Waals surface area contributed by atoms with Crippen molar-refractivity contribution < 1.29 is 9.90 Å². The van der Waals surface area contributed by atoms with Crippen molar-refractivity contribution in [2.24, 2.45) is 0 Å². The van der Waals surface area contributed by atoms with Crippen LogP contribution in [0.3, 0.4) is 0 Å². The van der Waals surface area contributed by atoms with Gasteiger partial charge in [-0.05, 0) is 36.6 Å². The summed E-state index contributed by atoms with van der Waals surface area (Å²) in [6.45, 7) is 3.90. The van der Waals surface area contributed by atoms with E-state index in [1.807, 2.05) is 13.0 Å². The number of phenols is 1. The number of carbonyl (C=O) groups excluding carboxylic acids is 1. The van der Waals surface area contributed by atoms with E-state index in [4.69, 9.17) is 0 Å². The second kappa shape index (κ2) is 4.03. The number of hydrogen-bond acceptors (Lipinski definition) is 3. The lowest BCUT2D eigenvalue weighted by molar-refractivity contribution is -0.114. The Kier molecular flexibility index (Phi) is 2.73. The molecular weight excluding hydrogens is 190 g/mol. The molecule has 0 aromatic heterocycles. The van der Waals surface area contributed by atoms with Gasteiger partial charge in [0.2, 0.25) is 0 Å². The van der Waals surface area contributed by atoms with E-state index in [-0.39, 0.29) is 11.8 Å². The quantitative estimate of drug-likeness (QED) is 0.763. The number of phenolic OH excluding ortho intramolecular Hbond substituents is 1. The molecule has 1 fully saturated rings. The zero-order valence-corrected chi connectivity index (χ0v) is 8.81. The molecule has 1 N–H and O–H groups in total. The minimum Gasteiger partial charge on any atom is -0.508 e. The predicted octanol–water partition coefficient (Wildman–Crippen LogP) is 1.65. The van der Waals surface area contributed by atoms with Crippen molar-refractivity contribution in [2.75, 3.05) is 13.1 Å². The third-order valence-corrected chi connectivity index (χ3v) is 2.98. The highest BCUT2D eigenvalue weighted by Gasteiger charge is 2.25. The molecule has 2 rings (SSSR count). The van der Waals surface area contributed by atoms with Gasteiger partial charge in [0.15, 0.2) is 0 Å². The van der Waals surface area contributed by atoms with Gasteiger partial charge in [0.1, 0.15) is 12.0 Å². The third-order valence-electron chi connectivity index (χ3n) is 2.98. The van der Waals surface area contributed by atoms with E-state index in [0.717, 1.165) is 30.5 Å². The number of rotatable bonds is 3. The van der Waals surface area contributed by atoms with E-state index in [0.29, 0.717) is 0 Å². The fraction of sp³-hybridized carbons (Fsp3) is 0.417. The van der Waals surface area contributed by atoms with Gasteiger partial charge >= 0.3 is 0 Å². The van der Waals surface area contributed by atoms with E-state index >= 15 is 0 Å². The lowest BCUT2D eigenvalue weighted by atomic mass is 9.98. The first-order valence-corrected chi connectivity index (χ1v) is 5.21. The minimum atomic E-state index is -0.139. The Morgan fingerprint density at radius 3 is 2.67 bits per heavy atom. The summed E-state index contributed by atoms with van der Waals surface area (Å²) >= 11 is 0. The van der Waals surface area contributed by atoms with Gasteiger partial charge in [0, 0.05) is 13.1 Å². The molecule has 1 aliphatic heterocycles. The summed E-state index contributed by atoms with van der Waals surface area (Å²) in [5.41, 5.74) is 1.97. The van der Waals surface area contributed by atoms with Crippen molar-refractivity contribution >= 4 is 6.29 Å². The largest absolute Gasteiger partial charge is 0.508 e. The van der Waals surface area contributed by atoms with Crippen LogP contribution < -0.4 is 0 Å². The average molecular weight is 205 g/mol. The lowest BCUT2D eigenvalue weighted by Crippen LogP contribution is -2.41. The summed E-state index contributed by atoms with van der Waals surface area (Å²) in [7, 11) is 0. The van der Waals surface area contributed by atoms with Gasteiger partial charge in [-0.3, -0.25) is 4.90 Å². The number of hydrogen-bond donors (Lipinski definition) is 1. The molecule has 1 aromatic rings. The van der Waals surface area contributed by atoms with Gasteiger partial charge in [0.25, 0.3) is 0 Å². The van der Waals surface area contributed by atoms with E-state index in [9.17, 15) is 9.90 Å². The van der Waals surface area contributed by atoms with Crippen molar-refractivity contribution in [3.05, 3.63) is 29.3 Å². The normalized spacial score (nSPS) is 18.2. The van der Waals surface area contributed by atoms with Gasteiger partial charge in [-0.1, -0.05) is 6.07 Å². The molecule has 0 bridgehead atoms. The summed E-state index contributed by atoms with van der Waals surface area (Å²) in [4.78, 5) is 13.2. The highest BCUT2D eigenvalue weighted by Crippen LogP contribution is 2.28. The maximum Gasteiger partial charge on any atom is 0.141 e. The fourth-order valence-corrected chi connectivity index (χ4v) is 1.97. The molecular formula is C12H15NO2. The zero-order chi connectivity index (χ0) is 10.8. The lowest BCUT2D eigenvalue weighted by Gasteiger charge is -2.36. The predicted molar refractivity (Wildman–Crippen MR) is 57.8 cm³/mol. The van der Waals surface area contributed by atoms with Crippen LogP contribution >= 0.6 is 0 Å². The molecule has 0 spiro atoms. The summed E-state index contributed by atoms with van der Waals surface area (Å²) in [6, 6.07) is 5.03. The number of likely N-dealkylation sites (tertiary alicyclic amines) is 1. The topological polar surface area (TPSA) is 40.5 Å². The van der Waals surface area contributed by atoms with Crippen LogP contribution in [0.5, 0.6) is 5.75 Å². The van der Waals surface area contributed by atoms with E-state index in [2.05, 4.69) is 4.90 Å². The summed E-state index contributed by atoms with van der Waals surface area (Å²) < 4.78 is 0. The van der Waals surface area contributed by atoms with E-state index < -0.39 is 0 Å². The first-order valence-electron chi connectivity index (χ1n) is 5.21. The maximum atomic E-state index is 11.1. The Morgan fingerprint density at radius 2 is 2.20 bits per heavy atom. The number of nitrogens with zero attached hydrogens (tertiary/aromatic N) is 1. The Morgan fingerprint density at radius 1 is 1.47 bits per heavy atom. The summed E-state index contributed by atoms with van der Waals surface area (Å²) in [5, 5.41) is 9.30. The first-order chi connectivity index (χ1) is 7.22. The maximum absolute atomic E-state index is 11.1. The Hall–Kier alpha value is -1.35. The van der Waals surface area contributed by atoms with Crippen LogP contribution in [0.4, 0.5) is 0 Å². The van der Waals surface area contributed by atoms with Crippen LogP contribution in [0, 0.1) is 6.92 Å². The molecule has 1 heterocycles. The molecule has 1 unspecified atom stereocenters. The van der Waals surface area contributed by atoms with Gasteiger partial charge < -0.3 is 9.90 Å². The average Bonchev–Trinajstić information content (AvgIpc) is 2.12. The Labute approximate surface area is 89.3 Å². The third kappa shape index (κ3) is 1.88. The standard InChI is InChI=1S/C12H15NO2/c1-9-7-10(15)3-4-11(9)12(8-14)13-5-2-6-13/h3-4,7-8,12,15H,2,5-6H2,1H3. The van der Waals surface area contributed by atoms with Gasteiger partial charge in [-0.25, -0.2) is 0 Å². The molecule has 0 saturated carbocycles. The van der Waals surface area contributed by atoms with Gasteiger partial charge in [-0.2, -0.15) is 0 Å². The Bertz CT molecular complexity index is 372. The molecule has 0 radical (unpaired) electrons. The van der Waals surface area contributed by atoms with Gasteiger partial charge in [0.05, 0.1) is 6.04 Å². The number of aromatic hydroxyl groups is 1. The van der Waals surface area contributed by atoms with Crippen LogP contribution in [0.25, 0.3) is 0 Å². The van der Waals surface area contributed by atoms with Crippen molar-refractivity contribution in [1.29, 1.82) is 0 Å². The molecule has 1 saturated heterocycles. The molecule has 0 amide bonds. The van der Waals surface area contributed by atoms with Crippen LogP contribution in [0.1, 0.15) is 23.6 Å². The van der Waals surface area contributed by atoms with Crippen LogP contribution in [-0.4, -0.2) is 29.4 Å². The highest BCUT2D eigenvalue weighted by atomic mass is 16.3. The molecule has 3 nitrogen and oxygen atoms in total. The Balaban J connectivity index is 2.29. The van der Waals surface area contributed by atoms with Crippen LogP contribution in [-0.2, 0) is 4.79 Å². The van der Waals surface area contributed by atoms with Crippen LogP contribution in [0.2, 0.25) is 0 Å². The summed E-state index contributed by atoms with van der Waals surface area (Å²) in [5.74, 6) is 0.254. The number of aldehydes is 1. The smallest absolute Gasteiger partial charge is 0.141 e. The number of benzene rings is 1. The molecule has 0 aliphatic carbocycles. The molecule has 1 atom stereocenters. The fourth-order valence-electron chi connectivity index (χ4n) is 1.97. The van der Waals surface area contributed by atoms with Crippen molar-refractivity contribution in [3.63, 3.8) is 0 Å². The SMILES string of the molecule is Cc1cc(O)ccc1C(C=O)N1CCC1. The molecule has 1 aliphatic rings. The zero-order valence-electron chi connectivity index (χ0n) is 8.81. The van der Waals surface area contributed by atoms with Crippen molar-refractivity contribution in [2.45, 2.75) is 19.4 Å². The van der Waals surface area contributed by atoms with E-state index in [1.54, 1.807) is 12.1 Å². The minimum absolute atomic E-state index is 0.139. The molecule has 3 heteroatoms. The molecule has 15 heavy (non-hydrogen) atoms.